The number of hydrogen-bond donors (Lipinski definition) is 2. The summed E-state index contributed by atoms with van der Waals surface area (Å²) in [4.78, 5) is 0. The van der Waals surface area contributed by atoms with Gasteiger partial charge in [-0.3, -0.25) is 0 Å². The molecule has 0 amide bonds. The normalized spacial score (nSPS) is 25.6. The van der Waals surface area contributed by atoms with Crippen molar-refractivity contribution in [3.63, 3.8) is 0 Å². The fourth-order valence-electron chi connectivity index (χ4n) is 1.79. The number of aliphatic hydroxyl groups is 1. The summed E-state index contributed by atoms with van der Waals surface area (Å²) >= 11 is 0. The summed E-state index contributed by atoms with van der Waals surface area (Å²) in [5.74, 6) is 0.265. The van der Waals surface area contributed by atoms with Gasteiger partial charge < -0.3 is 15.6 Å². The highest BCUT2D eigenvalue weighted by Gasteiger charge is 2.43. The van der Waals surface area contributed by atoms with Crippen molar-refractivity contribution in [3.05, 3.63) is 0 Å². The Morgan fingerprint density at radius 2 is 1.69 bits per heavy atom. The molecule has 0 bridgehead atoms. The molecule has 3 N–H and O–H groups in total. The number of nitrogens with two attached hydrogens (primary N) is 1. The lowest BCUT2D eigenvalue weighted by molar-refractivity contribution is -0.0913. The van der Waals surface area contributed by atoms with E-state index in [1.54, 1.807) is 0 Å². The molecule has 1 fully saturated rings. The van der Waals surface area contributed by atoms with Crippen LogP contribution >= 0.6 is 0 Å². The first-order valence-corrected chi connectivity index (χ1v) is 4.94. The van der Waals surface area contributed by atoms with E-state index in [-0.39, 0.29) is 5.92 Å². The number of ether oxygens (including phenoxy) is 1. The molecule has 0 spiro atoms. The molecule has 0 aromatic carbocycles. The second kappa shape index (κ2) is 3.56. The summed E-state index contributed by atoms with van der Waals surface area (Å²) < 4.78 is 5.26. The van der Waals surface area contributed by atoms with Crippen molar-refractivity contribution < 1.29 is 9.84 Å². The van der Waals surface area contributed by atoms with Gasteiger partial charge in [-0.15, -0.1) is 0 Å². The van der Waals surface area contributed by atoms with Crippen LogP contribution in [-0.2, 0) is 4.74 Å². The molecule has 0 saturated carbocycles. The molecule has 1 aliphatic heterocycles. The van der Waals surface area contributed by atoms with Crippen LogP contribution in [0.15, 0.2) is 0 Å². The summed E-state index contributed by atoms with van der Waals surface area (Å²) in [6.45, 7) is 7.09. The van der Waals surface area contributed by atoms with Gasteiger partial charge in [0.2, 0.25) is 0 Å². The van der Waals surface area contributed by atoms with Gasteiger partial charge in [-0.1, -0.05) is 0 Å². The van der Waals surface area contributed by atoms with Gasteiger partial charge in [0.15, 0.2) is 0 Å². The number of hydrogen-bond acceptors (Lipinski definition) is 3. The SMILES string of the molecule is CC(C)(N)C(C)(O)C1CCOCC1. The predicted octanol–water partition coefficient (Wildman–Crippen LogP) is 0.901. The molecule has 1 atom stereocenters. The van der Waals surface area contributed by atoms with Crippen molar-refractivity contribution >= 4 is 0 Å². The van der Waals surface area contributed by atoms with Crippen LogP contribution in [0.25, 0.3) is 0 Å². The molecule has 3 heteroatoms. The summed E-state index contributed by atoms with van der Waals surface area (Å²) in [5, 5.41) is 10.3. The quantitative estimate of drug-likeness (QED) is 0.675. The second-order valence-electron chi connectivity index (χ2n) is 4.76. The molecule has 1 heterocycles. The van der Waals surface area contributed by atoms with E-state index >= 15 is 0 Å². The maximum atomic E-state index is 10.3. The first-order chi connectivity index (χ1) is 5.86. The Morgan fingerprint density at radius 3 is 2.08 bits per heavy atom. The minimum Gasteiger partial charge on any atom is -0.388 e. The lowest BCUT2D eigenvalue weighted by atomic mass is 9.72. The summed E-state index contributed by atoms with van der Waals surface area (Å²) in [5.41, 5.74) is 4.61. The third-order valence-electron chi connectivity index (χ3n) is 3.32. The van der Waals surface area contributed by atoms with Crippen molar-refractivity contribution in [2.45, 2.75) is 44.8 Å². The third kappa shape index (κ3) is 2.22. The highest BCUT2D eigenvalue weighted by molar-refractivity contribution is 4.99. The van der Waals surface area contributed by atoms with E-state index in [1.807, 2.05) is 20.8 Å². The zero-order valence-electron chi connectivity index (χ0n) is 8.84. The molecular weight excluding hydrogens is 166 g/mol. The Morgan fingerprint density at radius 1 is 1.23 bits per heavy atom. The molecule has 78 valence electrons. The van der Waals surface area contributed by atoms with E-state index in [9.17, 15) is 5.11 Å². The van der Waals surface area contributed by atoms with Crippen LogP contribution in [-0.4, -0.2) is 29.5 Å². The van der Waals surface area contributed by atoms with Crippen molar-refractivity contribution in [2.75, 3.05) is 13.2 Å². The molecule has 1 aliphatic rings. The molecule has 1 unspecified atom stereocenters. The fraction of sp³-hybridized carbons (Fsp3) is 1.00. The van der Waals surface area contributed by atoms with E-state index in [0.717, 1.165) is 26.1 Å². The first kappa shape index (κ1) is 11.0. The minimum absolute atomic E-state index is 0.265. The van der Waals surface area contributed by atoms with Crippen molar-refractivity contribution in [1.29, 1.82) is 0 Å². The topological polar surface area (TPSA) is 55.5 Å². The predicted molar refractivity (Wildman–Crippen MR) is 52.4 cm³/mol. The summed E-state index contributed by atoms with van der Waals surface area (Å²) in [6, 6.07) is 0. The van der Waals surface area contributed by atoms with Crippen molar-refractivity contribution in [3.8, 4) is 0 Å². The van der Waals surface area contributed by atoms with Gasteiger partial charge in [-0.05, 0) is 39.5 Å². The van der Waals surface area contributed by atoms with Gasteiger partial charge >= 0.3 is 0 Å². The zero-order valence-corrected chi connectivity index (χ0v) is 8.84. The van der Waals surface area contributed by atoms with E-state index in [4.69, 9.17) is 10.5 Å². The van der Waals surface area contributed by atoms with Crippen molar-refractivity contribution in [1.82, 2.24) is 0 Å². The largest absolute Gasteiger partial charge is 0.388 e. The van der Waals surface area contributed by atoms with Crippen LogP contribution in [0.1, 0.15) is 33.6 Å². The molecular formula is C10H21NO2. The Labute approximate surface area is 80.3 Å². The summed E-state index contributed by atoms with van der Waals surface area (Å²) in [7, 11) is 0. The van der Waals surface area contributed by atoms with Crippen molar-refractivity contribution in [2.24, 2.45) is 11.7 Å². The Hall–Kier alpha value is -0.120. The Bertz CT molecular complexity index is 166. The Balaban J connectivity index is 2.67. The zero-order chi connectivity index (χ0) is 10.1. The van der Waals surface area contributed by atoms with Crippen LogP contribution in [0.2, 0.25) is 0 Å². The number of rotatable bonds is 2. The average molecular weight is 187 g/mol. The molecule has 1 rings (SSSR count). The van der Waals surface area contributed by atoms with Crippen LogP contribution in [0.5, 0.6) is 0 Å². The highest BCUT2D eigenvalue weighted by Crippen LogP contribution is 2.33. The van der Waals surface area contributed by atoms with E-state index in [0.29, 0.717) is 0 Å². The van der Waals surface area contributed by atoms with Crippen LogP contribution < -0.4 is 5.73 Å². The second-order valence-corrected chi connectivity index (χ2v) is 4.76. The molecule has 0 aliphatic carbocycles. The van der Waals surface area contributed by atoms with E-state index < -0.39 is 11.1 Å². The fourth-order valence-corrected chi connectivity index (χ4v) is 1.79. The van der Waals surface area contributed by atoms with Crippen LogP contribution in [0, 0.1) is 5.92 Å². The minimum atomic E-state index is -0.795. The average Bonchev–Trinajstić information content (AvgIpc) is 2.04. The van der Waals surface area contributed by atoms with Gasteiger partial charge in [-0.2, -0.15) is 0 Å². The van der Waals surface area contributed by atoms with Gasteiger partial charge in [0.25, 0.3) is 0 Å². The van der Waals surface area contributed by atoms with Gasteiger partial charge in [0, 0.05) is 18.8 Å². The molecule has 1 saturated heterocycles. The standard InChI is InChI=1S/C10H21NO2/c1-9(2,11)10(3,12)8-4-6-13-7-5-8/h8,12H,4-7,11H2,1-3H3. The third-order valence-corrected chi connectivity index (χ3v) is 3.32. The molecule has 3 nitrogen and oxygen atoms in total. The molecule has 0 radical (unpaired) electrons. The summed E-state index contributed by atoms with van der Waals surface area (Å²) in [6.07, 6.45) is 1.82. The van der Waals surface area contributed by atoms with Gasteiger partial charge in [-0.25, -0.2) is 0 Å². The van der Waals surface area contributed by atoms with Crippen LogP contribution in [0.4, 0.5) is 0 Å². The monoisotopic (exact) mass is 187 g/mol. The van der Waals surface area contributed by atoms with Gasteiger partial charge in [0.05, 0.1) is 5.60 Å². The Kier molecular flexibility index (Phi) is 3.00. The maximum Gasteiger partial charge on any atom is 0.0822 e. The van der Waals surface area contributed by atoms with Crippen LogP contribution in [0.3, 0.4) is 0 Å². The molecule has 0 aromatic rings. The first-order valence-electron chi connectivity index (χ1n) is 4.94. The lowest BCUT2D eigenvalue weighted by Gasteiger charge is -2.44. The smallest absolute Gasteiger partial charge is 0.0822 e. The molecule has 0 aromatic heterocycles. The maximum absolute atomic E-state index is 10.3. The van der Waals surface area contributed by atoms with Gasteiger partial charge in [0.1, 0.15) is 0 Å². The lowest BCUT2D eigenvalue weighted by Crippen LogP contribution is -2.59. The van der Waals surface area contributed by atoms with E-state index in [1.165, 1.54) is 0 Å². The highest BCUT2D eigenvalue weighted by atomic mass is 16.5. The molecule has 13 heavy (non-hydrogen) atoms. The van der Waals surface area contributed by atoms with E-state index in [2.05, 4.69) is 0 Å².